The van der Waals surface area contributed by atoms with Crippen molar-refractivity contribution in [2.45, 2.75) is 6.42 Å². The number of nitriles is 1. The van der Waals surface area contributed by atoms with E-state index in [-0.39, 0.29) is 16.5 Å². The Morgan fingerprint density at radius 2 is 1.19 bits per heavy atom. The van der Waals surface area contributed by atoms with Gasteiger partial charge in [0.2, 0.25) is 0 Å². The van der Waals surface area contributed by atoms with E-state index in [0.717, 1.165) is 11.1 Å². The molecule has 0 aliphatic heterocycles. The zero-order chi connectivity index (χ0) is 19.7. The smallest absolute Gasteiger partial charge is 0.0778 e. The summed E-state index contributed by atoms with van der Waals surface area (Å²) in [6.07, 6.45) is 1.80. The summed E-state index contributed by atoms with van der Waals surface area (Å²) < 4.78 is 0. The zero-order valence-electron chi connectivity index (χ0n) is 13.3. The number of rotatable bonds is 3. The first-order valence-electron chi connectivity index (χ1n) is 7.47. The Bertz CT molecular complexity index is 1040. The monoisotopic (exact) mass is 474 g/mol. The number of nitrogens with zero attached hydrogens (tertiary/aromatic N) is 2. The molecule has 27 heavy (non-hydrogen) atoms. The number of aromatic nitrogens is 1. The Morgan fingerprint density at radius 1 is 0.704 bits per heavy atom. The van der Waals surface area contributed by atoms with E-state index in [1.54, 1.807) is 30.5 Å². The molecule has 0 amide bonds. The Labute approximate surface area is 186 Å². The number of benzene rings is 2. The average Bonchev–Trinajstić information content (AvgIpc) is 2.63. The maximum absolute atomic E-state index is 9.22. The fourth-order valence-electron chi connectivity index (χ4n) is 2.56. The lowest BCUT2D eigenvalue weighted by Gasteiger charge is -2.12. The first-order chi connectivity index (χ1) is 12.8. The molecule has 136 valence electrons. The quantitative estimate of drug-likeness (QED) is 0.356. The third-order valence-corrected chi connectivity index (χ3v) is 6.20. The van der Waals surface area contributed by atoms with Gasteiger partial charge in [-0.3, -0.25) is 4.98 Å². The molecule has 0 aliphatic carbocycles. The maximum Gasteiger partial charge on any atom is 0.0778 e. The summed E-state index contributed by atoms with van der Waals surface area (Å²) in [6, 6.07) is 10.7. The van der Waals surface area contributed by atoms with Crippen LogP contribution in [0.2, 0.25) is 30.1 Å². The van der Waals surface area contributed by atoms with Crippen LogP contribution >= 0.6 is 69.6 Å². The molecule has 1 aromatic heterocycles. The number of halogens is 6. The highest BCUT2D eigenvalue weighted by molar-refractivity contribution is 6.49. The van der Waals surface area contributed by atoms with E-state index in [1.807, 2.05) is 6.07 Å². The molecular formula is C19H8Cl6N2. The SMILES string of the molecule is N#CCc1cc(-c2cc(Cl)c(Cl)c(Cl)c2)cnc1-c1cc(Cl)c(Cl)c(Cl)c1. The second-order valence-corrected chi connectivity index (χ2v) is 7.96. The summed E-state index contributed by atoms with van der Waals surface area (Å²) in [4.78, 5) is 4.51. The highest BCUT2D eigenvalue weighted by Crippen LogP contribution is 2.38. The van der Waals surface area contributed by atoms with Gasteiger partial charge in [-0.1, -0.05) is 69.6 Å². The predicted octanol–water partition coefficient (Wildman–Crippen LogP) is 8.40. The largest absolute Gasteiger partial charge is 0.255 e. The highest BCUT2D eigenvalue weighted by Gasteiger charge is 2.14. The lowest BCUT2D eigenvalue weighted by atomic mass is 9.99. The van der Waals surface area contributed by atoms with E-state index < -0.39 is 0 Å². The summed E-state index contributed by atoms with van der Waals surface area (Å²) in [5, 5.41) is 11.1. The molecule has 0 radical (unpaired) electrons. The van der Waals surface area contributed by atoms with Crippen molar-refractivity contribution in [1.82, 2.24) is 4.98 Å². The van der Waals surface area contributed by atoms with E-state index in [9.17, 15) is 5.26 Å². The summed E-state index contributed by atoms with van der Waals surface area (Å²) >= 11 is 36.5. The normalized spacial score (nSPS) is 10.7. The zero-order valence-corrected chi connectivity index (χ0v) is 17.9. The van der Waals surface area contributed by atoms with Gasteiger partial charge in [-0.05, 0) is 41.5 Å². The van der Waals surface area contributed by atoms with Crippen molar-refractivity contribution < 1.29 is 0 Å². The van der Waals surface area contributed by atoms with E-state index >= 15 is 0 Å². The molecule has 0 atom stereocenters. The van der Waals surface area contributed by atoms with Gasteiger partial charge in [0, 0.05) is 17.3 Å². The van der Waals surface area contributed by atoms with Crippen LogP contribution in [0, 0.1) is 11.3 Å². The Balaban J connectivity index is 2.15. The molecule has 0 unspecified atom stereocenters. The molecule has 1 heterocycles. The van der Waals surface area contributed by atoms with Crippen LogP contribution in [0.5, 0.6) is 0 Å². The molecule has 0 saturated heterocycles. The first kappa shape index (κ1) is 20.6. The highest BCUT2D eigenvalue weighted by atomic mass is 35.5. The minimum Gasteiger partial charge on any atom is -0.255 e. The van der Waals surface area contributed by atoms with E-state index in [2.05, 4.69) is 11.1 Å². The van der Waals surface area contributed by atoms with Crippen LogP contribution in [0.15, 0.2) is 36.5 Å². The van der Waals surface area contributed by atoms with Crippen LogP contribution in [-0.2, 0) is 6.42 Å². The second-order valence-electron chi connectivity index (χ2n) is 5.57. The van der Waals surface area contributed by atoms with Crippen molar-refractivity contribution in [1.29, 1.82) is 5.26 Å². The molecule has 2 nitrogen and oxygen atoms in total. The summed E-state index contributed by atoms with van der Waals surface area (Å²) in [7, 11) is 0. The second kappa shape index (κ2) is 8.45. The van der Waals surface area contributed by atoms with Crippen molar-refractivity contribution in [2.75, 3.05) is 0 Å². The fourth-order valence-corrected chi connectivity index (χ4v) is 3.75. The van der Waals surface area contributed by atoms with Crippen molar-refractivity contribution in [3.63, 3.8) is 0 Å². The molecule has 0 spiro atoms. The fraction of sp³-hybridized carbons (Fsp3) is 0.0526. The molecule has 0 saturated carbocycles. The molecule has 0 bridgehead atoms. The molecule has 0 aliphatic rings. The van der Waals surface area contributed by atoms with Gasteiger partial charge in [0.25, 0.3) is 0 Å². The lowest BCUT2D eigenvalue weighted by molar-refractivity contribution is 1.20. The van der Waals surface area contributed by atoms with Gasteiger partial charge in [0.05, 0.1) is 48.3 Å². The van der Waals surface area contributed by atoms with Gasteiger partial charge in [0.15, 0.2) is 0 Å². The average molecular weight is 477 g/mol. The number of pyridine rings is 1. The summed E-state index contributed by atoms with van der Waals surface area (Å²) in [5.41, 5.74) is 3.44. The molecule has 3 aromatic rings. The minimum absolute atomic E-state index is 0.142. The molecule has 0 N–H and O–H groups in total. The Kier molecular flexibility index (Phi) is 6.43. The molecule has 2 aromatic carbocycles. The third kappa shape index (κ3) is 4.30. The number of hydrogen-bond donors (Lipinski definition) is 0. The molecule has 3 rings (SSSR count). The predicted molar refractivity (Wildman–Crippen MR) is 114 cm³/mol. The van der Waals surface area contributed by atoms with Crippen LogP contribution in [0.4, 0.5) is 0 Å². The molecule has 8 heteroatoms. The molecule has 0 fully saturated rings. The van der Waals surface area contributed by atoms with Gasteiger partial charge in [-0.2, -0.15) is 5.26 Å². The maximum atomic E-state index is 9.22. The van der Waals surface area contributed by atoms with Crippen molar-refractivity contribution in [2.24, 2.45) is 0 Å². The van der Waals surface area contributed by atoms with Gasteiger partial charge in [-0.15, -0.1) is 0 Å². The summed E-state index contributed by atoms with van der Waals surface area (Å²) in [5.74, 6) is 0. The van der Waals surface area contributed by atoms with Gasteiger partial charge < -0.3 is 0 Å². The van der Waals surface area contributed by atoms with Crippen molar-refractivity contribution in [3.05, 3.63) is 72.2 Å². The Morgan fingerprint density at radius 3 is 1.67 bits per heavy atom. The standard InChI is InChI=1S/C19H8Cl6N2/c20-13-4-10(5-14(21)17(13)24)12-3-9(1-2-26)19(27-8-12)11-6-15(22)18(25)16(23)7-11/h3-8H,1H2. The number of hydrogen-bond acceptors (Lipinski definition) is 2. The topological polar surface area (TPSA) is 36.7 Å². The van der Waals surface area contributed by atoms with Crippen LogP contribution in [0.25, 0.3) is 22.4 Å². The van der Waals surface area contributed by atoms with Crippen LogP contribution < -0.4 is 0 Å². The van der Waals surface area contributed by atoms with E-state index in [1.165, 1.54) is 0 Å². The van der Waals surface area contributed by atoms with Crippen molar-refractivity contribution in [3.8, 4) is 28.5 Å². The lowest BCUT2D eigenvalue weighted by Crippen LogP contribution is -1.95. The van der Waals surface area contributed by atoms with Crippen LogP contribution in [0.1, 0.15) is 5.56 Å². The van der Waals surface area contributed by atoms with Crippen molar-refractivity contribution >= 4 is 69.6 Å². The van der Waals surface area contributed by atoms with Crippen LogP contribution in [-0.4, -0.2) is 4.98 Å². The van der Waals surface area contributed by atoms with Gasteiger partial charge in [0.1, 0.15) is 0 Å². The van der Waals surface area contributed by atoms with E-state index in [0.29, 0.717) is 36.9 Å². The van der Waals surface area contributed by atoms with Gasteiger partial charge >= 0.3 is 0 Å². The van der Waals surface area contributed by atoms with Gasteiger partial charge in [-0.25, -0.2) is 0 Å². The Hall–Kier alpha value is -1.18. The molecular weight excluding hydrogens is 469 g/mol. The first-order valence-corrected chi connectivity index (χ1v) is 9.74. The van der Waals surface area contributed by atoms with E-state index in [4.69, 9.17) is 69.6 Å². The third-order valence-electron chi connectivity index (χ3n) is 3.81. The van der Waals surface area contributed by atoms with Crippen LogP contribution in [0.3, 0.4) is 0 Å². The minimum atomic E-state index is 0.142. The summed E-state index contributed by atoms with van der Waals surface area (Å²) in [6.45, 7) is 0.